The molecule has 4 N–H and O–H groups in total. The molecule has 4 heterocycles. The van der Waals surface area contributed by atoms with Gasteiger partial charge >= 0.3 is 0 Å². The molecule has 2 fully saturated rings. The molecule has 2 aliphatic rings. The molecule has 2 saturated heterocycles. The van der Waals surface area contributed by atoms with E-state index >= 15 is 0 Å². The second-order valence-corrected chi connectivity index (χ2v) is 16.5. The van der Waals surface area contributed by atoms with E-state index in [1.54, 1.807) is 18.2 Å². The number of hydrogen-bond acceptors (Lipinski definition) is 14. The Labute approximate surface area is 378 Å². The van der Waals surface area contributed by atoms with Gasteiger partial charge in [-0.05, 0) is 110 Å². The number of amides is 2. The number of anilines is 9. The zero-order chi connectivity index (χ0) is 45.3. The molecule has 6 aromatic rings. The van der Waals surface area contributed by atoms with Gasteiger partial charge in [-0.1, -0.05) is 24.3 Å². The van der Waals surface area contributed by atoms with E-state index < -0.39 is 0 Å². The maximum atomic E-state index is 13.3. The first-order chi connectivity index (χ1) is 31.5. The number of rotatable bonds is 15. The van der Waals surface area contributed by atoms with Gasteiger partial charge in [-0.25, -0.2) is 24.3 Å². The fraction of sp³-hybridized carbons (Fsp3) is 0.333. The highest BCUT2D eigenvalue weighted by Crippen LogP contribution is 2.32. The summed E-state index contributed by atoms with van der Waals surface area (Å²) in [4.78, 5) is 59.6. The van der Waals surface area contributed by atoms with E-state index in [0.717, 1.165) is 55.6 Å². The number of carbonyl (C=O) groups excluding carboxylic acids is 2. The third-order valence-corrected chi connectivity index (χ3v) is 11.9. The molecule has 0 bridgehead atoms. The van der Waals surface area contributed by atoms with Crippen molar-refractivity contribution in [3.8, 4) is 5.75 Å². The topological polar surface area (TPSA) is 179 Å². The first-order valence-electron chi connectivity index (χ1n) is 21.9. The average Bonchev–Trinajstić information content (AvgIpc) is 3.32. The molecule has 0 atom stereocenters. The van der Waals surface area contributed by atoms with Crippen molar-refractivity contribution in [2.45, 2.75) is 64.4 Å². The molecule has 65 heavy (non-hydrogen) atoms. The van der Waals surface area contributed by atoms with E-state index in [9.17, 15) is 14.0 Å². The van der Waals surface area contributed by atoms with Gasteiger partial charge in [0.1, 0.15) is 30.3 Å². The SMILES string of the molecule is Cc1c(NC(=O)CCC(=O)Nc2cccc(Nc3ncnc(N4CCC(c5ccc(N(C)C)cc5)CC4)n3)c2C)cccc1Nc1ncnc(N2CCC(Oc3ccc(F)cc3)CC2)n1. The fourth-order valence-electron chi connectivity index (χ4n) is 8.04. The van der Waals surface area contributed by atoms with Crippen LogP contribution in [0.5, 0.6) is 5.75 Å². The van der Waals surface area contributed by atoms with E-state index in [0.29, 0.717) is 65.6 Å². The zero-order valence-corrected chi connectivity index (χ0v) is 37.1. The van der Waals surface area contributed by atoms with Gasteiger partial charge in [0.2, 0.25) is 35.6 Å². The third kappa shape index (κ3) is 11.4. The van der Waals surface area contributed by atoms with Crippen molar-refractivity contribution in [2.75, 3.05) is 76.2 Å². The summed E-state index contributed by atoms with van der Waals surface area (Å²) in [6, 6.07) is 26.0. The molecule has 0 spiro atoms. The van der Waals surface area contributed by atoms with Crippen LogP contribution in [-0.4, -0.2) is 88.1 Å². The molecule has 0 unspecified atom stereocenters. The van der Waals surface area contributed by atoms with Gasteiger partial charge in [-0.15, -0.1) is 0 Å². The second kappa shape index (κ2) is 20.4. The molecule has 2 amide bonds. The van der Waals surface area contributed by atoms with E-state index in [4.69, 9.17) is 9.72 Å². The Balaban J connectivity index is 0.797. The number of halogens is 1. The Kier molecular flexibility index (Phi) is 13.9. The molecule has 8 rings (SSSR count). The highest BCUT2D eigenvalue weighted by Gasteiger charge is 2.25. The lowest BCUT2D eigenvalue weighted by molar-refractivity contribution is -0.121. The normalized spacial score (nSPS) is 14.4. The molecular weight excluding hydrogens is 826 g/mol. The highest BCUT2D eigenvalue weighted by atomic mass is 19.1. The van der Waals surface area contributed by atoms with Gasteiger partial charge < -0.3 is 40.7 Å². The van der Waals surface area contributed by atoms with Crippen LogP contribution < -0.4 is 40.7 Å². The maximum Gasteiger partial charge on any atom is 0.232 e. The molecule has 4 aromatic carbocycles. The molecule has 0 radical (unpaired) electrons. The molecule has 336 valence electrons. The van der Waals surface area contributed by atoms with Crippen molar-refractivity contribution in [3.63, 3.8) is 0 Å². The molecular formula is C48H54FN13O3. The van der Waals surface area contributed by atoms with Crippen molar-refractivity contribution in [1.82, 2.24) is 29.9 Å². The van der Waals surface area contributed by atoms with Gasteiger partial charge in [-0.3, -0.25) is 9.59 Å². The summed E-state index contributed by atoms with van der Waals surface area (Å²) in [7, 11) is 4.10. The number of piperidine rings is 2. The summed E-state index contributed by atoms with van der Waals surface area (Å²) >= 11 is 0. The van der Waals surface area contributed by atoms with Gasteiger partial charge in [0.05, 0.1) is 0 Å². The lowest BCUT2D eigenvalue weighted by Crippen LogP contribution is -2.39. The Morgan fingerprint density at radius 3 is 1.62 bits per heavy atom. The van der Waals surface area contributed by atoms with Crippen LogP contribution in [0, 0.1) is 19.7 Å². The van der Waals surface area contributed by atoms with Crippen molar-refractivity contribution < 1.29 is 18.7 Å². The number of nitrogens with zero attached hydrogens (tertiary/aromatic N) is 9. The van der Waals surface area contributed by atoms with Crippen molar-refractivity contribution in [3.05, 3.63) is 120 Å². The lowest BCUT2D eigenvalue weighted by atomic mass is 9.89. The van der Waals surface area contributed by atoms with Crippen LogP contribution in [0.2, 0.25) is 0 Å². The standard InChI is InChI=1S/C48H54FN13O3/c1-31-39(7-5-9-41(31)56-45-50-29-52-47(58-45)61-25-21-34(22-26-61)33-11-15-36(16-12-33)60(3)4)54-43(63)19-20-44(64)55-40-8-6-10-42(32(40)2)57-46-51-30-53-48(59-46)62-27-23-38(24-28-62)65-37-17-13-35(49)14-18-37/h5-18,29-30,34,38H,19-28H2,1-4H3,(H,54,63)(H,55,64)(H,50,52,56,58)(H,51,53,57,59). The maximum absolute atomic E-state index is 13.3. The van der Waals surface area contributed by atoms with Gasteiger partial charge in [0.15, 0.2) is 0 Å². The average molecular weight is 880 g/mol. The van der Waals surface area contributed by atoms with E-state index in [2.05, 4.69) is 99.2 Å². The van der Waals surface area contributed by atoms with Gasteiger partial charge in [-0.2, -0.15) is 9.97 Å². The Morgan fingerprint density at radius 2 is 1.12 bits per heavy atom. The van der Waals surface area contributed by atoms with E-state index in [1.807, 2.05) is 44.2 Å². The first kappa shape index (κ1) is 44.2. The summed E-state index contributed by atoms with van der Waals surface area (Å²) in [5.41, 5.74) is 6.81. The van der Waals surface area contributed by atoms with Crippen LogP contribution in [0.4, 0.5) is 56.6 Å². The third-order valence-electron chi connectivity index (χ3n) is 11.9. The van der Waals surface area contributed by atoms with Crippen molar-refractivity contribution in [2.24, 2.45) is 0 Å². The van der Waals surface area contributed by atoms with E-state index in [1.165, 1.54) is 36.0 Å². The van der Waals surface area contributed by atoms with Crippen LogP contribution in [0.1, 0.15) is 61.1 Å². The zero-order valence-electron chi connectivity index (χ0n) is 37.1. The number of carbonyl (C=O) groups is 2. The smallest absolute Gasteiger partial charge is 0.232 e. The van der Waals surface area contributed by atoms with Gasteiger partial charge in [0.25, 0.3) is 0 Å². The number of benzene rings is 4. The minimum atomic E-state index is -0.296. The molecule has 17 heteroatoms. The lowest BCUT2D eigenvalue weighted by Gasteiger charge is -2.32. The number of ether oxygens (including phenoxy) is 1. The van der Waals surface area contributed by atoms with Gasteiger partial charge in [0, 0.05) is 94.4 Å². The Morgan fingerprint density at radius 1 is 0.646 bits per heavy atom. The van der Waals surface area contributed by atoms with Crippen LogP contribution in [0.15, 0.2) is 97.6 Å². The molecule has 2 aromatic heterocycles. The van der Waals surface area contributed by atoms with E-state index in [-0.39, 0.29) is 36.6 Å². The van der Waals surface area contributed by atoms with Crippen LogP contribution in [-0.2, 0) is 9.59 Å². The molecule has 0 saturated carbocycles. The Hall–Kier alpha value is -7.43. The number of hydrogen-bond donors (Lipinski definition) is 4. The van der Waals surface area contributed by atoms with Crippen LogP contribution >= 0.6 is 0 Å². The number of nitrogens with one attached hydrogen (secondary N) is 4. The predicted octanol–water partition coefficient (Wildman–Crippen LogP) is 8.15. The quantitative estimate of drug-likeness (QED) is 0.0777. The monoisotopic (exact) mass is 879 g/mol. The summed E-state index contributed by atoms with van der Waals surface area (Å²) < 4.78 is 19.3. The largest absolute Gasteiger partial charge is 0.490 e. The van der Waals surface area contributed by atoms with Crippen molar-refractivity contribution in [1.29, 1.82) is 0 Å². The second-order valence-electron chi connectivity index (χ2n) is 16.5. The van der Waals surface area contributed by atoms with Crippen LogP contribution in [0.25, 0.3) is 0 Å². The summed E-state index contributed by atoms with van der Waals surface area (Å²) in [5, 5.41) is 12.5. The van der Waals surface area contributed by atoms with Crippen molar-refractivity contribution >= 4 is 64.0 Å². The minimum Gasteiger partial charge on any atom is -0.490 e. The fourth-order valence-corrected chi connectivity index (χ4v) is 8.04. The highest BCUT2D eigenvalue weighted by molar-refractivity contribution is 5.98. The molecule has 0 aliphatic carbocycles. The molecule has 2 aliphatic heterocycles. The minimum absolute atomic E-state index is 0.0111. The summed E-state index contributed by atoms with van der Waals surface area (Å²) in [6.07, 6.45) is 6.50. The number of aromatic nitrogens is 6. The first-order valence-corrected chi connectivity index (χ1v) is 21.9. The predicted molar refractivity (Wildman–Crippen MR) is 252 cm³/mol. The summed E-state index contributed by atoms with van der Waals surface area (Å²) in [5.74, 6) is 2.21. The Bertz CT molecular complexity index is 2580. The van der Waals surface area contributed by atoms with Crippen LogP contribution in [0.3, 0.4) is 0 Å². The molecule has 16 nitrogen and oxygen atoms in total. The summed E-state index contributed by atoms with van der Waals surface area (Å²) in [6.45, 7) is 6.85.